The molecule has 0 aromatic heterocycles. The molecule has 0 saturated carbocycles. The molecule has 0 unspecified atom stereocenters. The van der Waals surface area contributed by atoms with Crippen LogP contribution in [0.1, 0.15) is 38.2 Å². The van der Waals surface area contributed by atoms with Gasteiger partial charge in [0.2, 0.25) is 0 Å². The average molecular weight is 484 g/mol. The first kappa shape index (κ1) is 25.1. The molecule has 0 fully saturated rings. The van der Waals surface area contributed by atoms with E-state index < -0.39 is 52.7 Å². The second-order valence-electron chi connectivity index (χ2n) is 7.48. The minimum Gasteiger partial charge on any atom is -0.504 e. The van der Waals surface area contributed by atoms with Gasteiger partial charge in [-0.2, -0.15) is 26.3 Å². The topological polar surface area (TPSA) is 66.8 Å². The van der Waals surface area contributed by atoms with Crippen molar-refractivity contribution in [3.05, 3.63) is 81.9 Å². The number of alkyl halides is 6. The largest absolute Gasteiger partial charge is 0.504 e. The molecule has 34 heavy (non-hydrogen) atoms. The fourth-order valence-electron chi connectivity index (χ4n) is 3.54. The van der Waals surface area contributed by atoms with Gasteiger partial charge in [0.05, 0.1) is 29.9 Å². The van der Waals surface area contributed by atoms with Gasteiger partial charge in [0.25, 0.3) is 0 Å². The van der Waals surface area contributed by atoms with Gasteiger partial charge in [-0.05, 0) is 41.8 Å². The number of carbonyl (C=O) groups is 1. The lowest BCUT2D eigenvalue weighted by Crippen LogP contribution is -2.12. The number of benzene rings is 3. The van der Waals surface area contributed by atoms with Crippen LogP contribution in [0.4, 0.5) is 26.3 Å². The number of aldehydes is 1. The van der Waals surface area contributed by atoms with E-state index in [2.05, 4.69) is 0 Å². The molecule has 0 saturated heterocycles. The lowest BCUT2D eigenvalue weighted by atomic mass is 9.88. The van der Waals surface area contributed by atoms with E-state index in [1.54, 1.807) is 30.3 Å². The molecule has 0 aliphatic rings. The van der Waals surface area contributed by atoms with Crippen LogP contribution in [0.25, 0.3) is 11.1 Å². The Morgan fingerprint density at radius 3 is 1.91 bits per heavy atom. The third-order valence-electron chi connectivity index (χ3n) is 5.19. The molecule has 0 heterocycles. The van der Waals surface area contributed by atoms with Crippen molar-refractivity contribution in [2.45, 2.75) is 32.5 Å². The van der Waals surface area contributed by atoms with E-state index in [9.17, 15) is 41.4 Å². The molecule has 0 bridgehead atoms. The Kier molecular flexibility index (Phi) is 6.92. The Labute approximate surface area is 190 Å². The van der Waals surface area contributed by atoms with Crippen molar-refractivity contribution < 1.29 is 46.1 Å². The zero-order valence-electron chi connectivity index (χ0n) is 17.6. The summed E-state index contributed by atoms with van der Waals surface area (Å²) in [4.78, 5) is 11.7. The maximum Gasteiger partial charge on any atom is 0.416 e. The monoisotopic (exact) mass is 484 g/mol. The zero-order chi connectivity index (χ0) is 25.3. The van der Waals surface area contributed by atoms with E-state index in [1.165, 1.54) is 6.92 Å². The van der Waals surface area contributed by atoms with E-state index in [0.29, 0.717) is 12.1 Å². The number of ether oxygens (including phenoxy) is 1. The van der Waals surface area contributed by atoms with Gasteiger partial charge in [-0.1, -0.05) is 30.3 Å². The van der Waals surface area contributed by atoms with Gasteiger partial charge < -0.3 is 14.9 Å². The molecule has 3 aromatic rings. The van der Waals surface area contributed by atoms with Crippen molar-refractivity contribution in [2.24, 2.45) is 0 Å². The molecule has 0 radical (unpaired) electrons. The van der Waals surface area contributed by atoms with Crippen LogP contribution >= 0.6 is 0 Å². The van der Waals surface area contributed by atoms with Crippen LogP contribution in [-0.2, 0) is 30.3 Å². The summed E-state index contributed by atoms with van der Waals surface area (Å²) in [6, 6.07) is 9.64. The van der Waals surface area contributed by atoms with E-state index >= 15 is 0 Å². The molecule has 10 heteroatoms. The molecule has 2 N–H and O–H groups in total. The summed E-state index contributed by atoms with van der Waals surface area (Å²) in [5.41, 5.74) is -4.10. The van der Waals surface area contributed by atoms with Crippen molar-refractivity contribution in [1.82, 2.24) is 0 Å². The number of halogens is 6. The molecule has 3 rings (SSSR count). The standard InChI is InChI=1S/C24H18F6O4/c1-13-20(15-7-16(23(25,26)27)9-17(8-15)24(28,29)30)19(18(10-31)22(33)21(13)32)12-34-11-14-5-3-2-4-6-14/h2-10,32-33H,11-12H2,1H3. The van der Waals surface area contributed by atoms with E-state index in [0.717, 1.165) is 5.56 Å². The van der Waals surface area contributed by atoms with Crippen LogP contribution in [0, 0.1) is 6.92 Å². The van der Waals surface area contributed by atoms with E-state index in [4.69, 9.17) is 4.74 Å². The Hall–Kier alpha value is -3.53. The number of hydrogen-bond acceptors (Lipinski definition) is 4. The van der Waals surface area contributed by atoms with Gasteiger partial charge in [-0.3, -0.25) is 4.79 Å². The highest BCUT2D eigenvalue weighted by atomic mass is 19.4. The van der Waals surface area contributed by atoms with Crippen LogP contribution in [0.15, 0.2) is 48.5 Å². The molecule has 0 amide bonds. The number of rotatable bonds is 6. The van der Waals surface area contributed by atoms with Gasteiger partial charge in [-0.25, -0.2) is 0 Å². The molecular formula is C24H18F6O4. The first-order chi connectivity index (χ1) is 15.8. The summed E-state index contributed by atoms with van der Waals surface area (Å²) in [7, 11) is 0. The van der Waals surface area contributed by atoms with E-state index in [1.807, 2.05) is 0 Å². The number of phenolic OH excluding ortho intramolecular Hbond substituents is 2. The van der Waals surface area contributed by atoms with Crippen molar-refractivity contribution in [2.75, 3.05) is 0 Å². The summed E-state index contributed by atoms with van der Waals surface area (Å²) in [5.74, 6) is -1.69. The number of aromatic hydroxyl groups is 2. The van der Waals surface area contributed by atoms with Crippen LogP contribution in [0.5, 0.6) is 11.5 Å². The number of phenols is 2. The molecule has 0 aliphatic carbocycles. The predicted molar refractivity (Wildman–Crippen MR) is 110 cm³/mol. The maximum atomic E-state index is 13.4. The normalized spacial score (nSPS) is 12.1. The highest BCUT2D eigenvalue weighted by Gasteiger charge is 2.37. The summed E-state index contributed by atoms with van der Waals surface area (Å²) in [6.07, 6.45) is -10.0. The summed E-state index contributed by atoms with van der Waals surface area (Å²) in [6.45, 7) is 0.771. The summed E-state index contributed by atoms with van der Waals surface area (Å²) < 4.78 is 85.9. The lowest BCUT2D eigenvalue weighted by Gasteiger charge is -2.21. The lowest BCUT2D eigenvalue weighted by molar-refractivity contribution is -0.143. The SMILES string of the molecule is Cc1c(O)c(O)c(C=O)c(COCc2ccccc2)c1-c1cc(C(F)(F)F)cc(C(F)(F)F)c1. The van der Waals surface area contributed by atoms with Crippen LogP contribution in [0.3, 0.4) is 0 Å². The highest BCUT2D eigenvalue weighted by Crippen LogP contribution is 2.45. The van der Waals surface area contributed by atoms with Gasteiger partial charge in [0.15, 0.2) is 17.8 Å². The van der Waals surface area contributed by atoms with Gasteiger partial charge in [0.1, 0.15) is 0 Å². The smallest absolute Gasteiger partial charge is 0.416 e. The third-order valence-corrected chi connectivity index (χ3v) is 5.19. The van der Waals surface area contributed by atoms with Crippen LogP contribution < -0.4 is 0 Å². The molecule has 0 aliphatic heterocycles. The van der Waals surface area contributed by atoms with Gasteiger partial charge >= 0.3 is 12.4 Å². The van der Waals surface area contributed by atoms with Gasteiger partial charge in [0, 0.05) is 11.1 Å². The molecular weight excluding hydrogens is 466 g/mol. The molecule has 180 valence electrons. The zero-order valence-corrected chi connectivity index (χ0v) is 17.6. The van der Waals surface area contributed by atoms with Crippen molar-refractivity contribution >= 4 is 6.29 Å². The fraction of sp³-hybridized carbons (Fsp3) is 0.208. The number of hydrogen-bond donors (Lipinski definition) is 2. The number of carbonyl (C=O) groups excluding carboxylic acids is 1. The quantitative estimate of drug-likeness (QED) is 0.234. The Bertz CT molecular complexity index is 1170. The highest BCUT2D eigenvalue weighted by molar-refractivity contribution is 5.90. The summed E-state index contributed by atoms with van der Waals surface area (Å²) >= 11 is 0. The Morgan fingerprint density at radius 2 is 1.41 bits per heavy atom. The van der Waals surface area contributed by atoms with Crippen LogP contribution in [0.2, 0.25) is 0 Å². The Balaban J connectivity index is 2.22. The molecule has 0 atom stereocenters. The Morgan fingerprint density at radius 1 is 0.853 bits per heavy atom. The summed E-state index contributed by atoms with van der Waals surface area (Å²) in [5, 5.41) is 20.5. The first-order valence-electron chi connectivity index (χ1n) is 9.78. The second-order valence-corrected chi connectivity index (χ2v) is 7.48. The minimum absolute atomic E-state index is 0.00958. The van der Waals surface area contributed by atoms with E-state index in [-0.39, 0.29) is 35.6 Å². The first-order valence-corrected chi connectivity index (χ1v) is 9.78. The predicted octanol–water partition coefficient (Wildman–Crippen LogP) is 6.64. The van der Waals surface area contributed by atoms with Gasteiger partial charge in [-0.15, -0.1) is 0 Å². The van der Waals surface area contributed by atoms with Crippen molar-refractivity contribution in [3.8, 4) is 22.6 Å². The fourth-order valence-corrected chi connectivity index (χ4v) is 3.54. The van der Waals surface area contributed by atoms with Crippen molar-refractivity contribution in [1.29, 1.82) is 0 Å². The van der Waals surface area contributed by atoms with Crippen LogP contribution in [-0.4, -0.2) is 16.5 Å². The molecule has 0 spiro atoms. The van der Waals surface area contributed by atoms with Crippen molar-refractivity contribution in [3.63, 3.8) is 0 Å². The molecule has 4 nitrogen and oxygen atoms in total. The molecule has 3 aromatic carbocycles. The third kappa shape index (κ3) is 5.17. The second kappa shape index (κ2) is 9.38. The average Bonchev–Trinajstić information content (AvgIpc) is 2.77. The maximum absolute atomic E-state index is 13.4. The minimum atomic E-state index is -5.10.